The van der Waals surface area contributed by atoms with Gasteiger partial charge < -0.3 is 10.1 Å². The number of carbonyl (C=O) groups is 2. The molecule has 3 aromatic rings. The van der Waals surface area contributed by atoms with Crippen molar-refractivity contribution in [1.82, 2.24) is 5.32 Å². The van der Waals surface area contributed by atoms with E-state index in [0.29, 0.717) is 11.1 Å². The summed E-state index contributed by atoms with van der Waals surface area (Å²) in [5, 5.41) is 15.7. The van der Waals surface area contributed by atoms with Crippen LogP contribution < -0.4 is 5.32 Å². The average Bonchev–Trinajstić information content (AvgIpc) is 2.72. The van der Waals surface area contributed by atoms with Gasteiger partial charge in [0.1, 0.15) is 6.04 Å². The van der Waals surface area contributed by atoms with Gasteiger partial charge in [0, 0.05) is 23.6 Å². The molecular formula is C21H18N2O5. The number of benzene rings is 3. The largest absolute Gasteiger partial charge is 0.467 e. The number of ether oxygens (including phenoxy) is 1. The van der Waals surface area contributed by atoms with Crippen molar-refractivity contribution in [1.29, 1.82) is 0 Å². The monoisotopic (exact) mass is 378 g/mol. The summed E-state index contributed by atoms with van der Waals surface area (Å²) in [6.45, 7) is 0. The second kappa shape index (κ2) is 8.30. The molecule has 0 saturated heterocycles. The van der Waals surface area contributed by atoms with E-state index in [2.05, 4.69) is 5.32 Å². The molecule has 0 heterocycles. The minimum absolute atomic E-state index is 0.0524. The number of hydrogen-bond donors (Lipinski definition) is 1. The number of carbonyl (C=O) groups excluding carboxylic acids is 2. The fourth-order valence-corrected chi connectivity index (χ4v) is 2.99. The van der Waals surface area contributed by atoms with Gasteiger partial charge in [-0.1, -0.05) is 48.5 Å². The van der Waals surface area contributed by atoms with Crippen molar-refractivity contribution in [3.63, 3.8) is 0 Å². The van der Waals surface area contributed by atoms with Crippen molar-refractivity contribution in [2.75, 3.05) is 7.11 Å². The van der Waals surface area contributed by atoms with Crippen molar-refractivity contribution in [3.05, 3.63) is 88.0 Å². The number of esters is 1. The maximum Gasteiger partial charge on any atom is 0.328 e. The van der Waals surface area contributed by atoms with E-state index in [1.165, 1.54) is 13.2 Å². The highest BCUT2D eigenvalue weighted by Gasteiger charge is 2.26. The third-order valence-electron chi connectivity index (χ3n) is 4.42. The van der Waals surface area contributed by atoms with Crippen molar-refractivity contribution >= 4 is 28.3 Å². The van der Waals surface area contributed by atoms with Crippen LogP contribution in [0, 0.1) is 10.1 Å². The van der Waals surface area contributed by atoms with Gasteiger partial charge in [0.05, 0.1) is 12.0 Å². The van der Waals surface area contributed by atoms with Crippen LogP contribution in [0.5, 0.6) is 0 Å². The lowest BCUT2D eigenvalue weighted by Gasteiger charge is -2.17. The maximum absolute atomic E-state index is 12.7. The number of nitrogens with zero attached hydrogens (tertiary/aromatic N) is 1. The normalized spacial score (nSPS) is 11.6. The summed E-state index contributed by atoms with van der Waals surface area (Å²) in [5.74, 6) is -1.13. The Bertz CT molecular complexity index is 1050. The lowest BCUT2D eigenvalue weighted by molar-refractivity contribution is -0.385. The van der Waals surface area contributed by atoms with E-state index in [0.717, 1.165) is 10.8 Å². The molecule has 0 aromatic heterocycles. The predicted octanol–water partition coefficient (Wildman–Crippen LogP) is 3.26. The Morgan fingerprint density at radius 3 is 2.43 bits per heavy atom. The fraction of sp³-hybridized carbons (Fsp3) is 0.143. The lowest BCUT2D eigenvalue weighted by atomic mass is 10.0. The fourth-order valence-electron chi connectivity index (χ4n) is 2.99. The lowest BCUT2D eigenvalue weighted by Crippen LogP contribution is -2.43. The molecule has 142 valence electrons. The van der Waals surface area contributed by atoms with Gasteiger partial charge in [0.15, 0.2) is 0 Å². The first-order valence-corrected chi connectivity index (χ1v) is 8.59. The molecule has 0 spiro atoms. The Kier molecular flexibility index (Phi) is 5.64. The summed E-state index contributed by atoms with van der Waals surface area (Å²) in [7, 11) is 1.21. The maximum atomic E-state index is 12.7. The van der Waals surface area contributed by atoms with Crippen LogP contribution in [-0.4, -0.2) is 30.0 Å². The summed E-state index contributed by atoms with van der Waals surface area (Å²) in [5.41, 5.74) is 0.605. The molecule has 1 N–H and O–H groups in total. The molecule has 7 nitrogen and oxygen atoms in total. The van der Waals surface area contributed by atoms with Crippen LogP contribution in [0.25, 0.3) is 10.8 Å². The van der Waals surface area contributed by atoms with Gasteiger partial charge in [-0.25, -0.2) is 4.79 Å². The summed E-state index contributed by atoms with van der Waals surface area (Å²) in [6, 6.07) is 17.8. The molecule has 0 radical (unpaired) electrons. The molecule has 1 amide bonds. The van der Waals surface area contributed by atoms with E-state index in [4.69, 9.17) is 4.74 Å². The van der Waals surface area contributed by atoms with E-state index >= 15 is 0 Å². The summed E-state index contributed by atoms with van der Waals surface area (Å²) < 4.78 is 4.77. The highest BCUT2D eigenvalue weighted by Crippen LogP contribution is 2.20. The molecule has 0 aliphatic carbocycles. The third-order valence-corrected chi connectivity index (χ3v) is 4.42. The van der Waals surface area contributed by atoms with Gasteiger partial charge in [-0.3, -0.25) is 14.9 Å². The van der Waals surface area contributed by atoms with E-state index in [-0.39, 0.29) is 12.1 Å². The number of fused-ring (bicyclic) bond motifs is 1. The molecule has 28 heavy (non-hydrogen) atoms. The number of methoxy groups -OCH3 is 1. The van der Waals surface area contributed by atoms with Crippen LogP contribution >= 0.6 is 0 Å². The molecule has 3 rings (SSSR count). The minimum Gasteiger partial charge on any atom is -0.467 e. The Hall–Kier alpha value is -3.74. The van der Waals surface area contributed by atoms with E-state index in [1.54, 1.807) is 30.3 Å². The first-order valence-electron chi connectivity index (χ1n) is 8.59. The molecule has 0 aliphatic heterocycles. The molecule has 0 aliphatic rings. The van der Waals surface area contributed by atoms with Crippen LogP contribution in [0.3, 0.4) is 0 Å². The van der Waals surface area contributed by atoms with Crippen molar-refractivity contribution in [2.24, 2.45) is 0 Å². The smallest absolute Gasteiger partial charge is 0.328 e. The average molecular weight is 378 g/mol. The quantitative estimate of drug-likeness (QED) is 0.403. The highest BCUT2D eigenvalue weighted by atomic mass is 16.6. The number of rotatable bonds is 6. The van der Waals surface area contributed by atoms with Gasteiger partial charge in [0.25, 0.3) is 11.6 Å². The Labute approximate surface area is 161 Å². The molecule has 1 atom stereocenters. The highest BCUT2D eigenvalue weighted by molar-refractivity contribution is 6.00. The van der Waals surface area contributed by atoms with E-state index in [1.807, 2.05) is 30.3 Å². The first kappa shape index (κ1) is 19.0. The summed E-state index contributed by atoms with van der Waals surface area (Å²) in [4.78, 5) is 35.5. The zero-order valence-electron chi connectivity index (χ0n) is 15.1. The molecular weight excluding hydrogens is 360 g/mol. The molecule has 0 fully saturated rings. The third kappa shape index (κ3) is 4.15. The molecule has 0 saturated carbocycles. The second-order valence-electron chi connectivity index (χ2n) is 6.20. The van der Waals surface area contributed by atoms with E-state index < -0.39 is 22.8 Å². The Balaban J connectivity index is 1.85. The van der Waals surface area contributed by atoms with Crippen molar-refractivity contribution < 1.29 is 19.2 Å². The van der Waals surface area contributed by atoms with Crippen molar-refractivity contribution in [2.45, 2.75) is 12.5 Å². The predicted molar refractivity (Wildman–Crippen MR) is 104 cm³/mol. The Morgan fingerprint density at radius 2 is 1.71 bits per heavy atom. The summed E-state index contributed by atoms with van der Waals surface area (Å²) in [6.07, 6.45) is -0.0524. The molecule has 7 heteroatoms. The Morgan fingerprint density at radius 1 is 1.04 bits per heavy atom. The zero-order chi connectivity index (χ0) is 20.1. The van der Waals surface area contributed by atoms with Gasteiger partial charge in [-0.05, 0) is 22.9 Å². The molecule has 0 bridgehead atoms. The van der Waals surface area contributed by atoms with Gasteiger partial charge in [-0.15, -0.1) is 0 Å². The number of amides is 1. The van der Waals surface area contributed by atoms with Crippen LogP contribution in [0.15, 0.2) is 66.7 Å². The van der Waals surface area contributed by atoms with Gasteiger partial charge in [-0.2, -0.15) is 0 Å². The van der Waals surface area contributed by atoms with Crippen LogP contribution in [-0.2, 0) is 16.0 Å². The number of nitro groups is 1. The van der Waals surface area contributed by atoms with Gasteiger partial charge >= 0.3 is 5.97 Å². The van der Waals surface area contributed by atoms with Crippen LogP contribution in [0.4, 0.5) is 5.69 Å². The van der Waals surface area contributed by atoms with Crippen LogP contribution in [0.2, 0.25) is 0 Å². The molecule has 0 unspecified atom stereocenters. The first-order chi connectivity index (χ1) is 13.5. The summed E-state index contributed by atoms with van der Waals surface area (Å²) >= 11 is 0. The minimum atomic E-state index is -1.05. The van der Waals surface area contributed by atoms with E-state index in [9.17, 15) is 19.7 Å². The number of hydrogen-bond acceptors (Lipinski definition) is 5. The van der Waals surface area contributed by atoms with Crippen LogP contribution in [0.1, 0.15) is 15.9 Å². The SMILES string of the molecule is COC(=O)[C@@H](Cc1ccccc1[N+](=O)[O-])NC(=O)c1ccc2ccccc2c1. The van der Waals surface area contributed by atoms with Crippen molar-refractivity contribution in [3.8, 4) is 0 Å². The zero-order valence-corrected chi connectivity index (χ0v) is 15.1. The van der Waals surface area contributed by atoms with Gasteiger partial charge in [0.2, 0.25) is 0 Å². The number of nitro benzene ring substituents is 1. The second-order valence-corrected chi connectivity index (χ2v) is 6.20. The molecule has 3 aromatic carbocycles. The topological polar surface area (TPSA) is 98.5 Å². The number of nitrogens with one attached hydrogen (secondary N) is 1. The standard InChI is InChI=1S/C21H18N2O5/c1-28-21(25)18(13-16-8-4-5-9-19(16)23(26)27)22-20(24)17-11-10-14-6-2-3-7-15(14)12-17/h2-12,18H,13H2,1H3,(H,22,24)/t18-/m1/s1. The number of para-hydroxylation sites is 1.